The summed E-state index contributed by atoms with van der Waals surface area (Å²) in [4.78, 5) is 0.705. The monoisotopic (exact) mass is 317 g/mol. The fourth-order valence-corrected chi connectivity index (χ4v) is 3.68. The predicted octanol–water partition coefficient (Wildman–Crippen LogP) is 2.71. The zero-order chi connectivity index (χ0) is 12.4. The summed E-state index contributed by atoms with van der Waals surface area (Å²) in [5, 5.41) is 0. The summed E-state index contributed by atoms with van der Waals surface area (Å²) < 4.78 is 18.8. The van der Waals surface area contributed by atoms with Crippen LogP contribution in [0.2, 0.25) is 0 Å². The SMILES string of the molecule is CC1CCC(CS(=O)c2ccc(Br)cc2N)O1. The lowest BCUT2D eigenvalue weighted by Crippen LogP contribution is -2.17. The van der Waals surface area contributed by atoms with E-state index in [0.717, 1.165) is 17.3 Å². The lowest BCUT2D eigenvalue weighted by molar-refractivity contribution is 0.0695. The van der Waals surface area contributed by atoms with Gasteiger partial charge in [-0.3, -0.25) is 4.21 Å². The fraction of sp³-hybridized carbons (Fsp3) is 0.500. The Labute approximate surface area is 112 Å². The molecule has 1 aromatic carbocycles. The van der Waals surface area contributed by atoms with Crippen LogP contribution in [0, 0.1) is 0 Å². The van der Waals surface area contributed by atoms with E-state index in [4.69, 9.17) is 10.5 Å². The van der Waals surface area contributed by atoms with Crippen LogP contribution in [0.5, 0.6) is 0 Å². The second-order valence-corrected chi connectivity index (χ2v) is 6.72. The van der Waals surface area contributed by atoms with Crippen molar-refractivity contribution in [1.29, 1.82) is 0 Å². The molecule has 1 aromatic rings. The number of ether oxygens (including phenoxy) is 1. The summed E-state index contributed by atoms with van der Waals surface area (Å²) in [6.07, 6.45) is 2.44. The van der Waals surface area contributed by atoms with Crippen LogP contribution in [0.4, 0.5) is 5.69 Å². The summed E-state index contributed by atoms with van der Waals surface area (Å²) in [6.45, 7) is 2.05. The zero-order valence-electron chi connectivity index (χ0n) is 9.69. The number of halogens is 1. The maximum Gasteiger partial charge on any atom is 0.0698 e. The van der Waals surface area contributed by atoms with Crippen molar-refractivity contribution in [3.8, 4) is 0 Å². The minimum atomic E-state index is -1.08. The van der Waals surface area contributed by atoms with Crippen LogP contribution in [0.1, 0.15) is 19.8 Å². The van der Waals surface area contributed by atoms with Crippen molar-refractivity contribution in [2.75, 3.05) is 11.5 Å². The average Bonchev–Trinajstić information content (AvgIpc) is 2.63. The molecule has 0 saturated carbocycles. The van der Waals surface area contributed by atoms with Gasteiger partial charge in [-0.25, -0.2) is 0 Å². The quantitative estimate of drug-likeness (QED) is 0.872. The van der Waals surface area contributed by atoms with E-state index in [-0.39, 0.29) is 6.10 Å². The van der Waals surface area contributed by atoms with Crippen LogP contribution in [0.15, 0.2) is 27.6 Å². The molecule has 0 spiro atoms. The number of anilines is 1. The van der Waals surface area contributed by atoms with E-state index in [1.54, 1.807) is 6.07 Å². The van der Waals surface area contributed by atoms with Crippen LogP contribution < -0.4 is 5.73 Å². The summed E-state index contributed by atoms with van der Waals surface area (Å²) in [5.74, 6) is 0.538. The van der Waals surface area contributed by atoms with E-state index in [1.807, 2.05) is 12.1 Å². The Kier molecular flexibility index (Phi) is 4.22. The van der Waals surface area contributed by atoms with Crippen molar-refractivity contribution >= 4 is 32.4 Å². The molecule has 3 atom stereocenters. The highest BCUT2D eigenvalue weighted by Crippen LogP contribution is 2.25. The molecule has 2 N–H and O–H groups in total. The Bertz CT molecular complexity index is 439. The molecule has 1 heterocycles. The highest BCUT2D eigenvalue weighted by Gasteiger charge is 2.24. The fourth-order valence-electron chi connectivity index (χ4n) is 1.99. The van der Waals surface area contributed by atoms with Crippen LogP contribution in [-0.2, 0) is 15.5 Å². The van der Waals surface area contributed by atoms with E-state index in [0.29, 0.717) is 22.4 Å². The van der Waals surface area contributed by atoms with Gasteiger partial charge in [0.25, 0.3) is 0 Å². The summed E-state index contributed by atoms with van der Waals surface area (Å²) >= 11 is 3.34. The third kappa shape index (κ3) is 3.30. The van der Waals surface area contributed by atoms with E-state index >= 15 is 0 Å². The van der Waals surface area contributed by atoms with Crippen molar-refractivity contribution in [3.63, 3.8) is 0 Å². The van der Waals surface area contributed by atoms with Gasteiger partial charge < -0.3 is 10.5 Å². The molecule has 1 saturated heterocycles. The van der Waals surface area contributed by atoms with Crippen LogP contribution in [0.3, 0.4) is 0 Å². The first-order chi connectivity index (χ1) is 8.06. The standard InChI is InChI=1S/C12H16BrNO2S/c1-8-2-4-10(16-8)7-17(15)12-5-3-9(13)6-11(12)14/h3,5-6,8,10H,2,4,7,14H2,1H3. The molecule has 0 aliphatic carbocycles. The van der Waals surface area contributed by atoms with E-state index in [2.05, 4.69) is 22.9 Å². The van der Waals surface area contributed by atoms with Gasteiger partial charge >= 0.3 is 0 Å². The van der Waals surface area contributed by atoms with Gasteiger partial charge in [0.15, 0.2) is 0 Å². The third-order valence-electron chi connectivity index (χ3n) is 2.87. The Balaban J connectivity index is 2.04. The zero-order valence-corrected chi connectivity index (χ0v) is 12.1. The van der Waals surface area contributed by atoms with E-state index in [1.165, 1.54) is 0 Å². The largest absolute Gasteiger partial charge is 0.398 e. The molecule has 5 heteroatoms. The molecular weight excluding hydrogens is 302 g/mol. The molecule has 1 fully saturated rings. The number of nitrogens with two attached hydrogens (primary N) is 1. The van der Waals surface area contributed by atoms with Gasteiger partial charge in [-0.2, -0.15) is 0 Å². The number of nitrogen functional groups attached to an aromatic ring is 1. The molecule has 1 aliphatic rings. The van der Waals surface area contributed by atoms with Crippen LogP contribution >= 0.6 is 15.9 Å². The molecule has 3 nitrogen and oxygen atoms in total. The van der Waals surface area contributed by atoms with E-state index in [9.17, 15) is 4.21 Å². The lowest BCUT2D eigenvalue weighted by Gasteiger charge is -2.12. The van der Waals surface area contributed by atoms with Gasteiger partial charge in [-0.15, -0.1) is 0 Å². The van der Waals surface area contributed by atoms with Gasteiger partial charge in [0.2, 0.25) is 0 Å². The Morgan fingerprint density at radius 2 is 2.29 bits per heavy atom. The molecule has 0 radical (unpaired) electrons. The average molecular weight is 318 g/mol. The highest BCUT2D eigenvalue weighted by molar-refractivity contribution is 9.10. The first-order valence-corrected chi connectivity index (χ1v) is 7.76. The van der Waals surface area contributed by atoms with Gasteiger partial charge in [-0.05, 0) is 38.0 Å². The van der Waals surface area contributed by atoms with Crippen LogP contribution in [0.25, 0.3) is 0 Å². The first-order valence-electron chi connectivity index (χ1n) is 5.65. The molecule has 3 unspecified atom stereocenters. The molecular formula is C12H16BrNO2S. The first kappa shape index (κ1) is 13.1. The van der Waals surface area contributed by atoms with Gasteiger partial charge in [0.1, 0.15) is 0 Å². The van der Waals surface area contributed by atoms with Gasteiger partial charge in [0.05, 0.1) is 33.7 Å². The lowest BCUT2D eigenvalue weighted by atomic mass is 10.2. The van der Waals surface area contributed by atoms with Crippen molar-refractivity contribution < 1.29 is 8.95 Å². The van der Waals surface area contributed by atoms with Crippen molar-refractivity contribution in [3.05, 3.63) is 22.7 Å². The highest BCUT2D eigenvalue weighted by atomic mass is 79.9. The minimum Gasteiger partial charge on any atom is -0.398 e. The third-order valence-corrected chi connectivity index (χ3v) is 4.90. The number of hydrogen-bond donors (Lipinski definition) is 1. The Hall–Kier alpha value is -0.390. The molecule has 0 amide bonds. The number of benzene rings is 1. The van der Waals surface area contributed by atoms with Crippen molar-refractivity contribution in [2.45, 2.75) is 36.9 Å². The summed E-state index contributed by atoms with van der Waals surface area (Å²) in [5.41, 5.74) is 6.43. The maximum atomic E-state index is 12.2. The molecule has 2 rings (SSSR count). The van der Waals surface area contributed by atoms with Crippen molar-refractivity contribution in [1.82, 2.24) is 0 Å². The second kappa shape index (κ2) is 5.50. The normalized spacial score (nSPS) is 26.0. The molecule has 0 aromatic heterocycles. The Morgan fingerprint density at radius 3 is 2.88 bits per heavy atom. The van der Waals surface area contributed by atoms with Gasteiger partial charge in [-0.1, -0.05) is 15.9 Å². The van der Waals surface area contributed by atoms with E-state index < -0.39 is 10.8 Å². The topological polar surface area (TPSA) is 52.3 Å². The van der Waals surface area contributed by atoms with Gasteiger partial charge in [0, 0.05) is 10.2 Å². The molecule has 1 aliphatic heterocycles. The number of hydrogen-bond acceptors (Lipinski definition) is 3. The van der Waals surface area contributed by atoms with Crippen LogP contribution in [-0.4, -0.2) is 22.2 Å². The predicted molar refractivity (Wildman–Crippen MR) is 73.4 cm³/mol. The summed E-state index contributed by atoms with van der Waals surface area (Å²) in [6, 6.07) is 5.46. The smallest absolute Gasteiger partial charge is 0.0698 e. The summed E-state index contributed by atoms with van der Waals surface area (Å²) in [7, 11) is -1.08. The minimum absolute atomic E-state index is 0.105. The molecule has 17 heavy (non-hydrogen) atoms. The second-order valence-electron chi connectivity index (χ2n) is 4.34. The van der Waals surface area contributed by atoms with Crippen molar-refractivity contribution in [2.24, 2.45) is 0 Å². The number of rotatable bonds is 3. The maximum absolute atomic E-state index is 12.2. The molecule has 0 bridgehead atoms. The Morgan fingerprint density at radius 1 is 1.53 bits per heavy atom. The molecule has 94 valence electrons.